The lowest BCUT2D eigenvalue weighted by molar-refractivity contribution is 0.0940. The van der Waals surface area contributed by atoms with Gasteiger partial charge in [0.1, 0.15) is 5.75 Å². The van der Waals surface area contributed by atoms with E-state index in [1.54, 1.807) is 0 Å². The number of aromatic nitrogens is 1. The number of hydrogen-bond donors (Lipinski definition) is 2. The predicted molar refractivity (Wildman–Crippen MR) is 119 cm³/mol. The molecule has 2 aliphatic rings. The Bertz CT molecular complexity index is 1020. The summed E-state index contributed by atoms with van der Waals surface area (Å²) in [5, 5.41) is 4.38. The molecular weight excluding hydrogens is 374 g/mol. The van der Waals surface area contributed by atoms with Gasteiger partial charge >= 0.3 is 0 Å². The lowest BCUT2D eigenvalue weighted by Crippen LogP contribution is -2.37. The molecule has 5 nitrogen and oxygen atoms in total. The van der Waals surface area contributed by atoms with Crippen LogP contribution in [-0.4, -0.2) is 41.5 Å². The minimum Gasteiger partial charge on any atom is -0.492 e. The van der Waals surface area contributed by atoms with Gasteiger partial charge in [-0.1, -0.05) is 24.3 Å². The second-order valence-electron chi connectivity index (χ2n) is 8.65. The summed E-state index contributed by atoms with van der Waals surface area (Å²) in [7, 11) is 0. The van der Waals surface area contributed by atoms with Gasteiger partial charge in [0.05, 0.1) is 12.2 Å². The van der Waals surface area contributed by atoms with Crippen LogP contribution in [0.4, 0.5) is 0 Å². The maximum Gasteiger partial charge on any atom is 0.255 e. The molecule has 5 heteroatoms. The van der Waals surface area contributed by atoms with Gasteiger partial charge in [-0.05, 0) is 62.1 Å². The fourth-order valence-corrected chi connectivity index (χ4v) is 4.44. The number of aromatic amines is 1. The van der Waals surface area contributed by atoms with Gasteiger partial charge in [-0.3, -0.25) is 9.69 Å². The highest BCUT2D eigenvalue weighted by molar-refractivity contribution is 5.97. The molecule has 0 spiro atoms. The summed E-state index contributed by atoms with van der Waals surface area (Å²) in [4.78, 5) is 18.3. The molecule has 2 N–H and O–H groups in total. The van der Waals surface area contributed by atoms with Gasteiger partial charge in [-0.2, -0.15) is 0 Å². The smallest absolute Gasteiger partial charge is 0.255 e. The van der Waals surface area contributed by atoms with Crippen LogP contribution in [0.5, 0.6) is 5.75 Å². The van der Waals surface area contributed by atoms with Gasteiger partial charge in [0.25, 0.3) is 5.91 Å². The first-order valence-electron chi connectivity index (χ1n) is 11.1. The fraction of sp³-hybridized carbons (Fsp3) is 0.400. The molecule has 156 valence electrons. The summed E-state index contributed by atoms with van der Waals surface area (Å²) in [6, 6.07) is 16.6. The second kappa shape index (κ2) is 8.52. The van der Waals surface area contributed by atoms with E-state index in [2.05, 4.69) is 39.5 Å². The van der Waals surface area contributed by atoms with Crippen molar-refractivity contribution in [3.63, 3.8) is 0 Å². The number of carbonyl (C=O) groups excluding carboxylic acids is 1. The normalized spacial score (nSPS) is 19.7. The standard InChI is InChI=1S/C25H29N3O2/c29-25(27-20-10-11-20)22-7-1-2-9-24(22)30-17-18-5-4-14-28(15-18)16-19-6-3-8-23-21(19)12-13-26-23/h1-3,6-9,12-13,18,20,26H,4-5,10-11,14-17H2,(H,27,29). The van der Waals surface area contributed by atoms with E-state index < -0.39 is 0 Å². The number of hydrogen-bond acceptors (Lipinski definition) is 3. The molecule has 1 atom stereocenters. The molecule has 1 amide bonds. The molecule has 1 saturated heterocycles. The minimum atomic E-state index is -0.0158. The Balaban J connectivity index is 1.20. The highest BCUT2D eigenvalue weighted by Crippen LogP contribution is 2.26. The zero-order valence-electron chi connectivity index (χ0n) is 17.3. The average Bonchev–Trinajstić information content (AvgIpc) is 3.45. The number of fused-ring (bicyclic) bond motifs is 1. The number of benzene rings is 2. The van der Waals surface area contributed by atoms with E-state index in [1.165, 1.54) is 29.3 Å². The number of likely N-dealkylation sites (tertiary alicyclic amines) is 1. The van der Waals surface area contributed by atoms with Crippen molar-refractivity contribution >= 4 is 16.8 Å². The van der Waals surface area contributed by atoms with Crippen LogP contribution in [-0.2, 0) is 6.54 Å². The Morgan fingerprint density at radius 3 is 2.90 bits per heavy atom. The first kappa shape index (κ1) is 19.2. The van der Waals surface area contributed by atoms with Crippen molar-refractivity contribution in [1.82, 2.24) is 15.2 Å². The highest BCUT2D eigenvalue weighted by Gasteiger charge is 2.26. The van der Waals surface area contributed by atoms with Crippen molar-refractivity contribution in [2.75, 3.05) is 19.7 Å². The maximum atomic E-state index is 12.5. The Kier molecular flexibility index (Phi) is 5.45. The average molecular weight is 404 g/mol. The Morgan fingerprint density at radius 1 is 1.10 bits per heavy atom. The van der Waals surface area contributed by atoms with Crippen LogP contribution in [0, 0.1) is 5.92 Å². The quantitative estimate of drug-likeness (QED) is 0.617. The zero-order chi connectivity index (χ0) is 20.3. The lowest BCUT2D eigenvalue weighted by atomic mass is 9.98. The summed E-state index contributed by atoms with van der Waals surface area (Å²) in [6.07, 6.45) is 6.53. The number of nitrogens with zero attached hydrogens (tertiary/aromatic N) is 1. The second-order valence-corrected chi connectivity index (χ2v) is 8.65. The number of H-pyrrole nitrogens is 1. The third-order valence-corrected chi connectivity index (χ3v) is 6.20. The molecule has 1 saturated carbocycles. The van der Waals surface area contributed by atoms with Gasteiger partial charge in [-0.25, -0.2) is 0 Å². The molecule has 2 aromatic carbocycles. The third-order valence-electron chi connectivity index (χ3n) is 6.20. The third kappa shape index (κ3) is 4.36. The monoisotopic (exact) mass is 403 g/mol. The number of carbonyl (C=O) groups is 1. The molecule has 3 aromatic rings. The number of amides is 1. The molecule has 1 aliphatic heterocycles. The van der Waals surface area contributed by atoms with Crippen LogP contribution in [0.25, 0.3) is 10.9 Å². The molecular formula is C25H29N3O2. The van der Waals surface area contributed by atoms with E-state index in [4.69, 9.17) is 4.74 Å². The van der Waals surface area contributed by atoms with Crippen molar-refractivity contribution in [3.8, 4) is 5.75 Å². The fourth-order valence-electron chi connectivity index (χ4n) is 4.44. The number of ether oxygens (including phenoxy) is 1. The number of para-hydroxylation sites is 1. The van der Waals surface area contributed by atoms with E-state index in [0.29, 0.717) is 29.9 Å². The topological polar surface area (TPSA) is 57.4 Å². The van der Waals surface area contributed by atoms with Gasteiger partial charge in [0, 0.05) is 42.1 Å². The van der Waals surface area contributed by atoms with Crippen LogP contribution in [0.1, 0.15) is 41.6 Å². The molecule has 5 rings (SSSR count). The van der Waals surface area contributed by atoms with Crippen LogP contribution in [0.15, 0.2) is 54.7 Å². The number of nitrogens with one attached hydrogen (secondary N) is 2. The molecule has 2 fully saturated rings. The van der Waals surface area contributed by atoms with Crippen LogP contribution < -0.4 is 10.1 Å². The molecule has 30 heavy (non-hydrogen) atoms. The van der Waals surface area contributed by atoms with Gasteiger partial charge in [0.15, 0.2) is 0 Å². The van der Waals surface area contributed by atoms with E-state index in [-0.39, 0.29) is 5.91 Å². The van der Waals surface area contributed by atoms with Gasteiger partial charge in [0.2, 0.25) is 0 Å². The Morgan fingerprint density at radius 2 is 2.00 bits per heavy atom. The summed E-state index contributed by atoms with van der Waals surface area (Å²) >= 11 is 0. The summed E-state index contributed by atoms with van der Waals surface area (Å²) in [5.41, 5.74) is 3.22. The van der Waals surface area contributed by atoms with Crippen molar-refractivity contribution in [2.45, 2.75) is 38.3 Å². The van der Waals surface area contributed by atoms with Crippen LogP contribution in [0.2, 0.25) is 0 Å². The summed E-state index contributed by atoms with van der Waals surface area (Å²) in [5.74, 6) is 1.16. The van der Waals surface area contributed by atoms with Gasteiger partial charge < -0.3 is 15.0 Å². The molecule has 0 bridgehead atoms. The molecule has 2 heterocycles. The number of rotatable bonds is 7. The van der Waals surface area contributed by atoms with Crippen molar-refractivity contribution in [1.29, 1.82) is 0 Å². The predicted octanol–water partition coefficient (Wildman–Crippen LogP) is 4.35. The molecule has 1 aromatic heterocycles. The maximum absolute atomic E-state index is 12.5. The van der Waals surface area contributed by atoms with Crippen LogP contribution in [0.3, 0.4) is 0 Å². The summed E-state index contributed by atoms with van der Waals surface area (Å²) < 4.78 is 6.16. The molecule has 0 radical (unpaired) electrons. The first-order chi connectivity index (χ1) is 14.8. The lowest BCUT2D eigenvalue weighted by Gasteiger charge is -2.33. The number of piperidine rings is 1. The first-order valence-corrected chi connectivity index (χ1v) is 11.1. The highest BCUT2D eigenvalue weighted by atomic mass is 16.5. The zero-order valence-corrected chi connectivity index (χ0v) is 17.3. The SMILES string of the molecule is O=C(NC1CC1)c1ccccc1OCC1CCCN(Cc2cccc3[nH]ccc23)C1. The summed E-state index contributed by atoms with van der Waals surface area (Å²) in [6.45, 7) is 3.76. The van der Waals surface area contributed by atoms with Crippen LogP contribution >= 0.6 is 0 Å². The van der Waals surface area contributed by atoms with Crippen molar-refractivity contribution < 1.29 is 9.53 Å². The molecule has 1 unspecified atom stereocenters. The largest absolute Gasteiger partial charge is 0.492 e. The van der Waals surface area contributed by atoms with E-state index in [9.17, 15) is 4.79 Å². The van der Waals surface area contributed by atoms with E-state index in [1.807, 2.05) is 30.5 Å². The Hall–Kier alpha value is -2.79. The van der Waals surface area contributed by atoms with Crippen molar-refractivity contribution in [3.05, 3.63) is 65.9 Å². The van der Waals surface area contributed by atoms with E-state index >= 15 is 0 Å². The minimum absolute atomic E-state index is 0.0158. The van der Waals surface area contributed by atoms with E-state index in [0.717, 1.165) is 32.5 Å². The van der Waals surface area contributed by atoms with Gasteiger partial charge in [-0.15, -0.1) is 0 Å². The Labute approximate surface area is 177 Å². The molecule has 1 aliphatic carbocycles. The van der Waals surface area contributed by atoms with Crippen molar-refractivity contribution in [2.24, 2.45) is 5.92 Å².